The first-order valence-electron chi connectivity index (χ1n) is 6.88. The molecule has 1 aromatic carbocycles. The third kappa shape index (κ3) is 6.32. The largest absolute Gasteiger partial charge is 0.497 e. The van der Waals surface area contributed by atoms with Gasteiger partial charge in [-0.15, -0.1) is 12.4 Å². The van der Waals surface area contributed by atoms with E-state index in [1.807, 2.05) is 6.92 Å². The Kier molecular flexibility index (Phi) is 9.21. The molecule has 2 N–H and O–H groups in total. The molecule has 0 aromatic heterocycles. The molecule has 0 fully saturated rings. The Bertz CT molecular complexity index is 479. The van der Waals surface area contributed by atoms with Gasteiger partial charge in [0.2, 0.25) is 5.91 Å². The van der Waals surface area contributed by atoms with Crippen molar-refractivity contribution in [3.05, 3.63) is 24.3 Å². The van der Waals surface area contributed by atoms with Crippen molar-refractivity contribution in [2.24, 2.45) is 0 Å². The van der Waals surface area contributed by atoms with Gasteiger partial charge in [0.25, 0.3) is 0 Å². The minimum atomic E-state index is -0.937. The molecule has 0 heterocycles. The van der Waals surface area contributed by atoms with Crippen LogP contribution in [0.2, 0.25) is 0 Å². The van der Waals surface area contributed by atoms with Crippen molar-refractivity contribution in [2.45, 2.75) is 26.3 Å². The van der Waals surface area contributed by atoms with Crippen molar-refractivity contribution in [1.29, 1.82) is 0 Å². The van der Waals surface area contributed by atoms with E-state index in [0.717, 1.165) is 6.42 Å². The molecule has 0 saturated heterocycles. The molecular formula is C15H23ClN2O4. The number of carboxylic acid groups (broad SMARTS) is 1. The maximum Gasteiger partial charge on any atom is 0.317 e. The Balaban J connectivity index is 0.00000441. The molecule has 0 aliphatic carbocycles. The van der Waals surface area contributed by atoms with Gasteiger partial charge >= 0.3 is 5.97 Å². The van der Waals surface area contributed by atoms with Gasteiger partial charge in [0.05, 0.1) is 19.7 Å². The number of rotatable bonds is 8. The molecule has 0 aliphatic heterocycles. The summed E-state index contributed by atoms with van der Waals surface area (Å²) in [6.45, 7) is 4.06. The Morgan fingerprint density at radius 1 is 1.32 bits per heavy atom. The predicted molar refractivity (Wildman–Crippen MR) is 87.8 cm³/mol. The highest BCUT2D eigenvalue weighted by Crippen LogP contribution is 2.15. The number of hydrogen-bond acceptors (Lipinski definition) is 4. The van der Waals surface area contributed by atoms with Gasteiger partial charge in [-0.25, -0.2) is 0 Å². The second kappa shape index (κ2) is 10.0. The van der Waals surface area contributed by atoms with Gasteiger partial charge in [0.1, 0.15) is 5.75 Å². The predicted octanol–water partition coefficient (Wildman–Crippen LogP) is 2.24. The fourth-order valence-electron chi connectivity index (χ4n) is 1.96. The van der Waals surface area contributed by atoms with E-state index < -0.39 is 12.0 Å². The molecule has 1 unspecified atom stereocenters. The first-order chi connectivity index (χ1) is 9.97. The van der Waals surface area contributed by atoms with Gasteiger partial charge in [-0.1, -0.05) is 6.92 Å². The topological polar surface area (TPSA) is 78.9 Å². The molecule has 1 atom stereocenters. The van der Waals surface area contributed by atoms with E-state index in [2.05, 4.69) is 5.32 Å². The first-order valence-corrected chi connectivity index (χ1v) is 6.88. The number of nitrogens with one attached hydrogen (secondary N) is 1. The Labute approximate surface area is 136 Å². The maximum absolute atomic E-state index is 12.2. The van der Waals surface area contributed by atoms with E-state index in [-0.39, 0.29) is 24.9 Å². The van der Waals surface area contributed by atoms with Crippen LogP contribution >= 0.6 is 12.4 Å². The van der Waals surface area contributed by atoms with E-state index in [1.54, 1.807) is 43.2 Å². The van der Waals surface area contributed by atoms with E-state index >= 15 is 0 Å². The van der Waals surface area contributed by atoms with E-state index in [4.69, 9.17) is 9.84 Å². The lowest BCUT2D eigenvalue weighted by atomic mass is 10.2. The molecule has 1 rings (SSSR count). The number of carbonyl (C=O) groups excluding carboxylic acids is 1. The number of carboxylic acids is 1. The number of ether oxygens (including phenoxy) is 1. The molecule has 6 nitrogen and oxygen atoms in total. The molecule has 1 amide bonds. The quantitative estimate of drug-likeness (QED) is 0.764. The van der Waals surface area contributed by atoms with Crippen LogP contribution in [0.4, 0.5) is 5.69 Å². The van der Waals surface area contributed by atoms with Crippen molar-refractivity contribution < 1.29 is 19.4 Å². The Morgan fingerprint density at radius 2 is 1.91 bits per heavy atom. The van der Waals surface area contributed by atoms with Crippen molar-refractivity contribution in [3.63, 3.8) is 0 Å². The lowest BCUT2D eigenvalue weighted by Gasteiger charge is -2.26. The summed E-state index contributed by atoms with van der Waals surface area (Å²) in [5.74, 6) is -0.457. The summed E-state index contributed by atoms with van der Waals surface area (Å²) in [4.78, 5) is 24.7. The fourth-order valence-corrected chi connectivity index (χ4v) is 1.96. The molecule has 0 saturated carbocycles. The summed E-state index contributed by atoms with van der Waals surface area (Å²) in [7, 11) is 1.57. The average Bonchev–Trinajstić information content (AvgIpc) is 2.46. The van der Waals surface area contributed by atoms with Gasteiger partial charge in [-0.05, 0) is 44.2 Å². The van der Waals surface area contributed by atoms with Crippen LogP contribution in [0.1, 0.15) is 20.3 Å². The van der Waals surface area contributed by atoms with Crippen molar-refractivity contribution in [2.75, 3.05) is 25.5 Å². The summed E-state index contributed by atoms with van der Waals surface area (Å²) < 4.78 is 5.05. The third-order valence-corrected chi connectivity index (χ3v) is 3.13. The van der Waals surface area contributed by atoms with E-state index in [9.17, 15) is 9.59 Å². The smallest absolute Gasteiger partial charge is 0.317 e. The van der Waals surface area contributed by atoms with Crippen LogP contribution in [0.5, 0.6) is 5.75 Å². The zero-order chi connectivity index (χ0) is 15.8. The second-order valence-electron chi connectivity index (χ2n) is 4.76. The van der Waals surface area contributed by atoms with Crippen molar-refractivity contribution in [1.82, 2.24) is 4.90 Å². The van der Waals surface area contributed by atoms with Crippen LogP contribution in [0.15, 0.2) is 24.3 Å². The summed E-state index contributed by atoms with van der Waals surface area (Å²) in [5.41, 5.74) is 0.652. The van der Waals surface area contributed by atoms with E-state index in [1.165, 1.54) is 0 Å². The molecule has 0 bridgehead atoms. The second-order valence-corrected chi connectivity index (χ2v) is 4.76. The first kappa shape index (κ1) is 20.2. The van der Waals surface area contributed by atoms with Crippen molar-refractivity contribution >= 4 is 30.0 Å². The highest BCUT2D eigenvalue weighted by Gasteiger charge is 2.22. The number of halogens is 1. The molecule has 0 radical (unpaired) electrons. The van der Waals surface area contributed by atoms with Gasteiger partial charge < -0.3 is 15.2 Å². The van der Waals surface area contributed by atoms with E-state index in [0.29, 0.717) is 18.0 Å². The number of methoxy groups -OCH3 is 1. The lowest BCUT2D eigenvalue weighted by Crippen LogP contribution is -2.44. The van der Waals surface area contributed by atoms with Gasteiger partial charge in [-0.3, -0.25) is 14.5 Å². The Morgan fingerprint density at radius 3 is 2.36 bits per heavy atom. The van der Waals surface area contributed by atoms with Gasteiger partial charge in [0, 0.05) is 5.69 Å². The molecule has 1 aromatic rings. The number of aliphatic carboxylic acids is 1. The lowest BCUT2D eigenvalue weighted by molar-refractivity contribution is -0.139. The monoisotopic (exact) mass is 330 g/mol. The van der Waals surface area contributed by atoms with Gasteiger partial charge in [-0.2, -0.15) is 0 Å². The van der Waals surface area contributed by atoms with Crippen LogP contribution in [0.3, 0.4) is 0 Å². The number of hydrogen-bond donors (Lipinski definition) is 2. The summed E-state index contributed by atoms with van der Waals surface area (Å²) in [6.07, 6.45) is 0.785. The molecule has 0 spiro atoms. The van der Waals surface area contributed by atoms with Crippen LogP contribution in [-0.4, -0.2) is 48.1 Å². The van der Waals surface area contributed by atoms with Crippen LogP contribution in [-0.2, 0) is 9.59 Å². The van der Waals surface area contributed by atoms with Crippen LogP contribution in [0.25, 0.3) is 0 Å². The average molecular weight is 331 g/mol. The highest BCUT2D eigenvalue weighted by atomic mass is 35.5. The molecule has 7 heteroatoms. The Hall–Kier alpha value is -1.79. The maximum atomic E-state index is 12.2. The van der Waals surface area contributed by atoms with Crippen LogP contribution < -0.4 is 10.1 Å². The summed E-state index contributed by atoms with van der Waals surface area (Å²) in [6, 6.07) is 6.47. The third-order valence-electron chi connectivity index (χ3n) is 3.13. The number of nitrogens with zero attached hydrogens (tertiary/aromatic N) is 1. The minimum Gasteiger partial charge on any atom is -0.497 e. The normalized spacial score (nSPS) is 11.5. The number of anilines is 1. The zero-order valence-electron chi connectivity index (χ0n) is 13.0. The number of carbonyl (C=O) groups is 2. The molecule has 124 valence electrons. The van der Waals surface area contributed by atoms with Gasteiger partial charge in [0.15, 0.2) is 0 Å². The molecule has 0 aliphatic rings. The highest BCUT2D eigenvalue weighted by molar-refractivity contribution is 5.94. The molecular weight excluding hydrogens is 308 g/mol. The number of benzene rings is 1. The van der Waals surface area contributed by atoms with Crippen molar-refractivity contribution in [3.8, 4) is 5.75 Å². The van der Waals surface area contributed by atoms with Crippen LogP contribution in [0, 0.1) is 0 Å². The zero-order valence-corrected chi connectivity index (χ0v) is 13.9. The summed E-state index contributed by atoms with van der Waals surface area (Å²) in [5, 5.41) is 11.7. The molecule has 22 heavy (non-hydrogen) atoms. The number of amides is 1. The SMILES string of the molecule is CCCN(CC(=O)O)C(C)C(=O)Nc1ccc(OC)cc1.Cl. The standard InChI is InChI=1S/C15H22N2O4.ClH/c1-4-9-17(10-14(18)19)11(2)15(20)16-12-5-7-13(21-3)8-6-12;/h5-8,11H,4,9-10H2,1-3H3,(H,16,20)(H,18,19);1H. The summed E-state index contributed by atoms with van der Waals surface area (Å²) >= 11 is 0. The minimum absolute atomic E-state index is 0. The fraction of sp³-hybridized carbons (Fsp3) is 0.467.